The number of aliphatic hydroxyl groups excluding tert-OH is 1. The van der Waals surface area contributed by atoms with Crippen LogP contribution in [0.2, 0.25) is 0 Å². The summed E-state index contributed by atoms with van der Waals surface area (Å²) in [6.07, 6.45) is 1.54. The quantitative estimate of drug-likeness (QED) is 0.903. The summed E-state index contributed by atoms with van der Waals surface area (Å²) >= 11 is 0. The van der Waals surface area contributed by atoms with Crippen LogP contribution < -0.4 is 0 Å². The molecular formula is C13H15F2N3O. The molecule has 0 saturated heterocycles. The van der Waals surface area contributed by atoms with E-state index in [9.17, 15) is 8.78 Å². The fourth-order valence-corrected chi connectivity index (χ4v) is 1.84. The van der Waals surface area contributed by atoms with Gasteiger partial charge in [0.15, 0.2) is 11.6 Å². The number of benzene rings is 1. The number of aliphatic hydroxyl groups is 1. The van der Waals surface area contributed by atoms with Crippen molar-refractivity contribution in [3.63, 3.8) is 0 Å². The third-order valence-corrected chi connectivity index (χ3v) is 2.67. The predicted molar refractivity (Wildman–Crippen MR) is 66.5 cm³/mol. The van der Waals surface area contributed by atoms with E-state index in [2.05, 4.69) is 10.1 Å². The van der Waals surface area contributed by atoms with Crippen LogP contribution in [-0.2, 0) is 13.0 Å². The maximum absolute atomic E-state index is 13.8. The molecule has 0 aliphatic rings. The van der Waals surface area contributed by atoms with Crippen molar-refractivity contribution in [1.82, 2.24) is 14.8 Å². The van der Waals surface area contributed by atoms with Crippen LogP contribution in [0.1, 0.15) is 19.2 Å². The molecule has 1 N–H and O–H groups in total. The first-order valence-electron chi connectivity index (χ1n) is 6.15. The van der Waals surface area contributed by atoms with Crippen molar-refractivity contribution in [1.29, 1.82) is 0 Å². The smallest absolute Gasteiger partial charge is 0.161 e. The van der Waals surface area contributed by atoms with Crippen molar-refractivity contribution in [3.05, 3.63) is 35.7 Å². The Morgan fingerprint density at radius 1 is 1.32 bits per heavy atom. The van der Waals surface area contributed by atoms with E-state index in [1.165, 1.54) is 16.8 Å². The minimum Gasteiger partial charge on any atom is -0.394 e. The molecule has 6 heteroatoms. The average molecular weight is 267 g/mol. The van der Waals surface area contributed by atoms with Crippen LogP contribution in [0.5, 0.6) is 0 Å². The van der Waals surface area contributed by atoms with Gasteiger partial charge in [-0.2, -0.15) is 5.10 Å². The van der Waals surface area contributed by atoms with Gasteiger partial charge >= 0.3 is 0 Å². The molecule has 0 saturated carbocycles. The van der Waals surface area contributed by atoms with E-state index in [0.717, 1.165) is 12.5 Å². The zero-order valence-electron chi connectivity index (χ0n) is 10.6. The number of nitrogens with zero attached hydrogens (tertiary/aromatic N) is 3. The lowest BCUT2D eigenvalue weighted by atomic mass is 10.2. The van der Waals surface area contributed by atoms with Gasteiger partial charge in [0.25, 0.3) is 0 Å². The largest absolute Gasteiger partial charge is 0.394 e. The van der Waals surface area contributed by atoms with Gasteiger partial charge in [0.2, 0.25) is 0 Å². The first-order valence-corrected chi connectivity index (χ1v) is 6.15. The summed E-state index contributed by atoms with van der Waals surface area (Å²) < 4.78 is 28.1. The first-order chi connectivity index (χ1) is 9.15. The molecule has 0 fully saturated rings. The van der Waals surface area contributed by atoms with E-state index in [1.54, 1.807) is 0 Å². The summed E-state index contributed by atoms with van der Waals surface area (Å²) in [4.78, 5) is 4.26. The molecule has 2 rings (SSSR count). The molecule has 0 radical (unpaired) electrons. The van der Waals surface area contributed by atoms with Crippen LogP contribution in [0.4, 0.5) is 8.78 Å². The normalized spacial score (nSPS) is 10.9. The van der Waals surface area contributed by atoms with Crippen LogP contribution in [0.3, 0.4) is 0 Å². The summed E-state index contributed by atoms with van der Waals surface area (Å²) in [6.45, 7) is 2.10. The second-order valence-electron chi connectivity index (χ2n) is 4.17. The summed E-state index contributed by atoms with van der Waals surface area (Å²) in [5, 5.41) is 13.2. The molecule has 102 valence electrons. The highest BCUT2D eigenvalue weighted by molar-refractivity contribution is 5.56. The molecule has 0 atom stereocenters. The second kappa shape index (κ2) is 5.88. The van der Waals surface area contributed by atoms with Crippen LogP contribution in [0.15, 0.2) is 18.2 Å². The highest BCUT2D eigenvalue weighted by Gasteiger charge is 2.15. The van der Waals surface area contributed by atoms with E-state index in [0.29, 0.717) is 18.1 Å². The van der Waals surface area contributed by atoms with Gasteiger partial charge in [-0.25, -0.2) is 18.4 Å². The van der Waals surface area contributed by atoms with Crippen molar-refractivity contribution in [2.24, 2.45) is 0 Å². The molecule has 0 amide bonds. The van der Waals surface area contributed by atoms with Crippen molar-refractivity contribution in [2.75, 3.05) is 6.61 Å². The SMILES string of the molecule is CCCc1nc(-c2ccc(F)cc2F)n(CCO)n1. The van der Waals surface area contributed by atoms with Crippen LogP contribution in [0.25, 0.3) is 11.4 Å². The molecule has 1 aromatic carbocycles. The maximum atomic E-state index is 13.8. The van der Waals surface area contributed by atoms with Crippen molar-refractivity contribution in [2.45, 2.75) is 26.3 Å². The van der Waals surface area contributed by atoms with Gasteiger partial charge in [-0.05, 0) is 18.6 Å². The van der Waals surface area contributed by atoms with Gasteiger partial charge in [0.1, 0.15) is 11.6 Å². The molecular weight excluding hydrogens is 252 g/mol. The molecule has 19 heavy (non-hydrogen) atoms. The molecule has 0 spiro atoms. The van der Waals surface area contributed by atoms with Crippen molar-refractivity contribution < 1.29 is 13.9 Å². The van der Waals surface area contributed by atoms with Gasteiger partial charge < -0.3 is 5.11 Å². The zero-order valence-corrected chi connectivity index (χ0v) is 10.6. The van der Waals surface area contributed by atoms with Crippen LogP contribution in [-0.4, -0.2) is 26.5 Å². The average Bonchev–Trinajstić information content (AvgIpc) is 2.73. The van der Waals surface area contributed by atoms with Crippen LogP contribution in [0, 0.1) is 11.6 Å². The number of hydrogen-bond donors (Lipinski definition) is 1. The topological polar surface area (TPSA) is 50.9 Å². The molecule has 1 aromatic heterocycles. The molecule has 4 nitrogen and oxygen atoms in total. The Bertz CT molecular complexity index is 569. The summed E-state index contributed by atoms with van der Waals surface area (Å²) in [7, 11) is 0. The van der Waals surface area contributed by atoms with Crippen molar-refractivity contribution in [3.8, 4) is 11.4 Å². The molecule has 1 heterocycles. The van der Waals surface area contributed by atoms with Gasteiger partial charge in [-0.15, -0.1) is 0 Å². The number of rotatable bonds is 5. The van der Waals surface area contributed by atoms with E-state index in [4.69, 9.17) is 5.11 Å². The van der Waals surface area contributed by atoms with Crippen LogP contribution >= 0.6 is 0 Å². The third-order valence-electron chi connectivity index (χ3n) is 2.67. The zero-order chi connectivity index (χ0) is 13.8. The fourth-order valence-electron chi connectivity index (χ4n) is 1.84. The Balaban J connectivity index is 2.46. The Morgan fingerprint density at radius 2 is 2.11 bits per heavy atom. The van der Waals surface area contributed by atoms with Gasteiger partial charge in [0.05, 0.1) is 18.7 Å². The lowest BCUT2D eigenvalue weighted by molar-refractivity contribution is 0.269. The number of aryl methyl sites for hydroxylation is 1. The molecule has 0 unspecified atom stereocenters. The summed E-state index contributed by atoms with van der Waals surface area (Å²) in [5.74, 6) is -0.414. The first kappa shape index (κ1) is 13.6. The van der Waals surface area contributed by atoms with E-state index in [-0.39, 0.29) is 18.7 Å². The van der Waals surface area contributed by atoms with Crippen molar-refractivity contribution >= 4 is 0 Å². The Morgan fingerprint density at radius 3 is 2.74 bits per heavy atom. The monoisotopic (exact) mass is 267 g/mol. The molecule has 2 aromatic rings. The number of halogens is 2. The van der Waals surface area contributed by atoms with E-state index < -0.39 is 11.6 Å². The highest BCUT2D eigenvalue weighted by atomic mass is 19.1. The Hall–Kier alpha value is -1.82. The van der Waals surface area contributed by atoms with E-state index in [1.807, 2.05) is 6.92 Å². The van der Waals surface area contributed by atoms with Gasteiger partial charge in [0, 0.05) is 12.5 Å². The number of aromatic nitrogens is 3. The minimum absolute atomic E-state index is 0.120. The van der Waals surface area contributed by atoms with Gasteiger partial charge in [-0.1, -0.05) is 6.92 Å². The maximum Gasteiger partial charge on any atom is 0.161 e. The lowest BCUT2D eigenvalue weighted by Gasteiger charge is -2.04. The summed E-state index contributed by atoms with van der Waals surface area (Å²) in [6, 6.07) is 3.32. The second-order valence-corrected chi connectivity index (χ2v) is 4.17. The standard InChI is InChI=1S/C13H15F2N3O/c1-2-3-12-16-13(18(17-12)6-7-19)10-5-4-9(14)8-11(10)15/h4-5,8,19H,2-3,6-7H2,1H3. The molecule has 0 aliphatic heterocycles. The number of hydrogen-bond acceptors (Lipinski definition) is 3. The molecule has 0 bridgehead atoms. The Labute approximate surface area is 109 Å². The highest BCUT2D eigenvalue weighted by Crippen LogP contribution is 2.22. The summed E-state index contributed by atoms with van der Waals surface area (Å²) in [5.41, 5.74) is 0.185. The Kier molecular flexibility index (Phi) is 4.21. The fraction of sp³-hybridized carbons (Fsp3) is 0.385. The predicted octanol–water partition coefficient (Wildman–Crippen LogP) is 2.17. The minimum atomic E-state index is -0.686. The molecule has 0 aliphatic carbocycles. The lowest BCUT2D eigenvalue weighted by Crippen LogP contribution is -2.07. The van der Waals surface area contributed by atoms with Gasteiger partial charge in [-0.3, -0.25) is 0 Å². The van der Waals surface area contributed by atoms with E-state index >= 15 is 0 Å². The third kappa shape index (κ3) is 2.96.